The van der Waals surface area contributed by atoms with Gasteiger partial charge in [-0.1, -0.05) is 80.4 Å². The maximum Gasteiger partial charge on any atom is 0.224 e. The maximum atomic E-state index is 12.7. The Hall–Kier alpha value is -2.39. The van der Waals surface area contributed by atoms with Gasteiger partial charge in [-0.15, -0.1) is 0 Å². The number of carbonyl (C=O) groups is 1. The van der Waals surface area contributed by atoms with Gasteiger partial charge in [0, 0.05) is 40.3 Å². The quantitative estimate of drug-likeness (QED) is 0.148. The van der Waals surface area contributed by atoms with Crippen molar-refractivity contribution >= 4 is 37.4 Å². The molecular weight excluding hydrogens is 587 g/mol. The zero-order valence-corrected chi connectivity index (χ0v) is 27.9. The monoisotopic (exact) mass is 630 g/mol. The second-order valence-electron chi connectivity index (χ2n) is 12.4. The van der Waals surface area contributed by atoms with Crippen LogP contribution >= 0.6 is 23.2 Å². The van der Waals surface area contributed by atoms with Crippen LogP contribution in [0.15, 0.2) is 60.7 Å². The van der Waals surface area contributed by atoms with Crippen molar-refractivity contribution in [2.45, 2.75) is 84.0 Å². The zero-order valence-electron chi connectivity index (χ0n) is 25.4. The number of hydrogen-bond acceptors (Lipinski definition) is 5. The summed E-state index contributed by atoms with van der Waals surface area (Å²) in [6.07, 6.45) is 0.796. The van der Waals surface area contributed by atoms with Crippen molar-refractivity contribution in [2.24, 2.45) is 0 Å². The van der Waals surface area contributed by atoms with Gasteiger partial charge in [0.1, 0.15) is 5.75 Å². The number of aliphatic hydroxyl groups excluding tert-OH is 1. The van der Waals surface area contributed by atoms with Gasteiger partial charge in [-0.05, 0) is 72.4 Å². The molecule has 0 saturated carbocycles. The Morgan fingerprint density at radius 2 is 1.64 bits per heavy atom. The van der Waals surface area contributed by atoms with Crippen LogP contribution in [0.2, 0.25) is 28.2 Å². The Kier molecular flexibility index (Phi) is 12.1. The number of aromatic hydroxyl groups is 1. The van der Waals surface area contributed by atoms with Crippen LogP contribution in [0, 0.1) is 0 Å². The van der Waals surface area contributed by atoms with Gasteiger partial charge in [-0.25, -0.2) is 0 Å². The summed E-state index contributed by atoms with van der Waals surface area (Å²) in [5, 5.41) is 27.4. The highest BCUT2D eigenvalue weighted by Crippen LogP contribution is 2.40. The second-order valence-corrected chi connectivity index (χ2v) is 18.0. The van der Waals surface area contributed by atoms with Crippen LogP contribution in [0.1, 0.15) is 61.6 Å². The second kappa shape index (κ2) is 14.9. The predicted molar refractivity (Wildman–Crippen MR) is 175 cm³/mol. The number of aliphatic hydroxyl groups is 1. The van der Waals surface area contributed by atoms with Gasteiger partial charge < -0.3 is 25.3 Å². The Bertz CT molecular complexity index is 1340. The van der Waals surface area contributed by atoms with Gasteiger partial charge in [0.15, 0.2) is 8.32 Å². The lowest BCUT2D eigenvalue weighted by molar-refractivity contribution is -0.120. The molecule has 0 aromatic heterocycles. The van der Waals surface area contributed by atoms with E-state index in [-0.39, 0.29) is 48.4 Å². The van der Waals surface area contributed by atoms with Crippen LogP contribution in [0.4, 0.5) is 0 Å². The van der Waals surface area contributed by atoms with Crippen LogP contribution in [-0.2, 0) is 35.2 Å². The van der Waals surface area contributed by atoms with Gasteiger partial charge in [-0.3, -0.25) is 4.79 Å². The van der Waals surface area contributed by atoms with Gasteiger partial charge in [-0.2, -0.15) is 0 Å². The SMILES string of the molecule is C[C@H](Cc1cccc(CC(=O)NCc2c(Cl)cccc2Cl)c1)NC[C@@H](O[Si](C)(C)C(C)(C)C)c1ccc(O)c(CO)c1. The zero-order chi connectivity index (χ0) is 31.1. The molecule has 0 heterocycles. The van der Waals surface area contributed by atoms with Crippen LogP contribution < -0.4 is 10.6 Å². The molecule has 0 aliphatic heterocycles. The van der Waals surface area contributed by atoms with Gasteiger partial charge in [0.25, 0.3) is 0 Å². The fourth-order valence-electron chi connectivity index (χ4n) is 4.43. The summed E-state index contributed by atoms with van der Waals surface area (Å²) in [5.41, 5.74) is 4.18. The summed E-state index contributed by atoms with van der Waals surface area (Å²) >= 11 is 12.5. The van der Waals surface area contributed by atoms with Crippen LogP contribution in [0.5, 0.6) is 5.75 Å². The van der Waals surface area contributed by atoms with E-state index >= 15 is 0 Å². The number of nitrogens with one attached hydrogen (secondary N) is 2. The molecule has 2 atom stereocenters. The maximum absolute atomic E-state index is 12.7. The molecule has 1 amide bonds. The largest absolute Gasteiger partial charge is 0.508 e. The van der Waals surface area contributed by atoms with E-state index in [9.17, 15) is 15.0 Å². The third-order valence-electron chi connectivity index (χ3n) is 7.96. The number of hydrogen-bond donors (Lipinski definition) is 4. The number of phenols is 1. The van der Waals surface area contributed by atoms with Crippen molar-refractivity contribution in [3.63, 3.8) is 0 Å². The first-order valence-corrected chi connectivity index (χ1v) is 18.0. The third kappa shape index (κ3) is 9.56. The van der Waals surface area contributed by atoms with E-state index in [2.05, 4.69) is 63.6 Å². The Morgan fingerprint density at radius 1 is 1.00 bits per heavy atom. The van der Waals surface area contributed by atoms with Gasteiger partial charge in [0.2, 0.25) is 5.91 Å². The molecule has 0 aliphatic rings. The van der Waals surface area contributed by atoms with Crippen molar-refractivity contribution in [1.82, 2.24) is 10.6 Å². The highest BCUT2D eigenvalue weighted by atomic mass is 35.5. The van der Waals surface area contributed by atoms with E-state index in [0.717, 1.165) is 23.1 Å². The van der Waals surface area contributed by atoms with E-state index < -0.39 is 8.32 Å². The smallest absolute Gasteiger partial charge is 0.224 e. The summed E-state index contributed by atoms with van der Waals surface area (Å²) < 4.78 is 6.81. The molecule has 6 nitrogen and oxygen atoms in total. The number of halogens is 2. The summed E-state index contributed by atoms with van der Waals surface area (Å²) in [4.78, 5) is 12.7. The molecule has 9 heteroatoms. The average molecular weight is 632 g/mol. The lowest BCUT2D eigenvalue weighted by Gasteiger charge is -2.40. The summed E-state index contributed by atoms with van der Waals surface area (Å²) in [7, 11) is -2.11. The van der Waals surface area contributed by atoms with E-state index in [1.807, 2.05) is 24.3 Å². The first-order valence-electron chi connectivity index (χ1n) is 14.3. The normalized spacial score (nSPS) is 13.5. The number of rotatable bonds is 13. The molecule has 3 rings (SSSR count). The minimum Gasteiger partial charge on any atom is -0.508 e. The minimum atomic E-state index is -2.11. The van der Waals surface area contributed by atoms with Crippen molar-refractivity contribution in [3.8, 4) is 5.75 Å². The first-order chi connectivity index (χ1) is 19.7. The van der Waals surface area contributed by atoms with Crippen molar-refractivity contribution < 1.29 is 19.4 Å². The minimum absolute atomic E-state index is 0.0277. The summed E-state index contributed by atoms with van der Waals surface area (Å²) in [5.74, 6) is -0.0223. The molecule has 3 aromatic carbocycles. The van der Waals surface area contributed by atoms with Crippen LogP contribution in [-0.4, -0.2) is 37.0 Å². The van der Waals surface area contributed by atoms with Gasteiger partial charge in [0.05, 0.1) is 19.1 Å². The van der Waals surface area contributed by atoms with E-state index in [1.54, 1.807) is 24.3 Å². The third-order valence-corrected chi connectivity index (χ3v) is 13.2. The van der Waals surface area contributed by atoms with Crippen molar-refractivity contribution in [3.05, 3.63) is 98.5 Å². The molecule has 0 bridgehead atoms. The molecular formula is C33H44Cl2N2O4Si. The molecule has 0 radical (unpaired) electrons. The lowest BCUT2D eigenvalue weighted by atomic mass is 10.0. The molecule has 0 aliphatic carbocycles. The van der Waals surface area contributed by atoms with Gasteiger partial charge >= 0.3 is 0 Å². The van der Waals surface area contributed by atoms with Crippen molar-refractivity contribution in [1.29, 1.82) is 0 Å². The number of carbonyl (C=O) groups excluding carboxylic acids is 1. The lowest BCUT2D eigenvalue weighted by Crippen LogP contribution is -2.44. The molecule has 0 unspecified atom stereocenters. The average Bonchev–Trinajstić information content (AvgIpc) is 2.90. The van der Waals surface area contributed by atoms with E-state index in [0.29, 0.717) is 27.7 Å². The van der Waals surface area contributed by atoms with E-state index in [4.69, 9.17) is 27.6 Å². The Morgan fingerprint density at radius 3 is 2.29 bits per heavy atom. The van der Waals surface area contributed by atoms with E-state index in [1.165, 1.54) is 0 Å². The highest BCUT2D eigenvalue weighted by Gasteiger charge is 2.39. The molecule has 3 aromatic rings. The summed E-state index contributed by atoms with van der Waals surface area (Å²) in [6.45, 7) is 13.8. The summed E-state index contributed by atoms with van der Waals surface area (Å²) in [6, 6.07) is 18.8. The topological polar surface area (TPSA) is 90.8 Å². The molecule has 0 saturated heterocycles. The van der Waals surface area contributed by atoms with Crippen molar-refractivity contribution in [2.75, 3.05) is 6.54 Å². The molecule has 0 fully saturated rings. The number of amides is 1. The molecule has 228 valence electrons. The van der Waals surface area contributed by atoms with Crippen LogP contribution in [0.25, 0.3) is 0 Å². The predicted octanol–water partition coefficient (Wildman–Crippen LogP) is 7.33. The Labute approximate surface area is 261 Å². The fourth-order valence-corrected chi connectivity index (χ4v) is 6.24. The molecule has 0 spiro atoms. The fraction of sp³-hybridized carbons (Fsp3) is 0.424. The molecule has 42 heavy (non-hydrogen) atoms. The standard InChI is InChI=1S/C33H44Cl2N2O4Si/c1-22(36-20-31(41-42(5,6)33(2,3)4)25-13-14-30(39)26(18-25)21-38)15-23-9-7-10-24(16-23)17-32(40)37-19-27-28(34)11-8-12-29(27)35/h7-14,16,18,22,31,36,38-39H,15,17,19-21H2,1-6H3,(H,37,40)/t22-,31-/m1/s1. The van der Waals surface area contributed by atoms with Crippen LogP contribution in [0.3, 0.4) is 0 Å². The Balaban J connectivity index is 1.63. The first kappa shape index (κ1) is 34.1. The number of benzene rings is 3. The molecule has 4 N–H and O–H groups in total. The highest BCUT2D eigenvalue weighted by molar-refractivity contribution is 6.74.